The molecule has 1 atom stereocenters. The highest BCUT2D eigenvalue weighted by molar-refractivity contribution is 5.93. The number of carbonyl (C=O) groups excluding carboxylic acids is 1. The van der Waals surface area contributed by atoms with Crippen LogP contribution in [0.25, 0.3) is 0 Å². The van der Waals surface area contributed by atoms with Crippen LogP contribution in [0, 0.1) is 0 Å². The third-order valence-electron chi connectivity index (χ3n) is 2.39. The van der Waals surface area contributed by atoms with Gasteiger partial charge < -0.3 is 25.6 Å². The molecule has 0 spiro atoms. The van der Waals surface area contributed by atoms with Crippen LogP contribution in [0.4, 0.5) is 10.5 Å². The van der Waals surface area contributed by atoms with Crippen LogP contribution in [0.15, 0.2) is 24.3 Å². The predicted molar refractivity (Wildman–Crippen MR) is 73.4 cm³/mol. The molecule has 8 heteroatoms. The molecule has 0 aliphatic carbocycles. The lowest BCUT2D eigenvalue weighted by atomic mass is 10.2. The second-order valence-corrected chi connectivity index (χ2v) is 4.05. The molecule has 0 aliphatic rings. The molecule has 0 fully saturated rings. The number of carboxylic acid groups (broad SMARTS) is 2. The molecule has 0 bridgehead atoms. The highest BCUT2D eigenvalue weighted by Crippen LogP contribution is 2.17. The van der Waals surface area contributed by atoms with Crippen LogP contribution in [0.2, 0.25) is 0 Å². The fraction of sp³-hybridized carbons (Fsp3) is 0.308. The van der Waals surface area contributed by atoms with E-state index >= 15 is 0 Å². The molecule has 0 saturated heterocycles. The molecule has 1 aromatic carbocycles. The Kier molecular flexibility index (Phi) is 5.99. The summed E-state index contributed by atoms with van der Waals surface area (Å²) in [5.41, 5.74) is 0.401. The van der Waals surface area contributed by atoms with Crippen LogP contribution < -0.4 is 15.4 Å². The van der Waals surface area contributed by atoms with Gasteiger partial charge in [0, 0.05) is 11.8 Å². The zero-order valence-corrected chi connectivity index (χ0v) is 11.3. The molecule has 4 N–H and O–H groups in total. The lowest BCUT2D eigenvalue weighted by Gasteiger charge is -2.13. The smallest absolute Gasteiger partial charge is 0.326 e. The molecule has 0 radical (unpaired) electrons. The average molecular weight is 296 g/mol. The van der Waals surface area contributed by atoms with E-state index in [2.05, 4.69) is 10.6 Å². The third kappa shape index (κ3) is 5.81. The fourth-order valence-electron chi connectivity index (χ4n) is 1.53. The van der Waals surface area contributed by atoms with Crippen LogP contribution in [0.5, 0.6) is 5.75 Å². The van der Waals surface area contributed by atoms with Crippen molar-refractivity contribution in [1.82, 2.24) is 5.32 Å². The van der Waals surface area contributed by atoms with Crippen LogP contribution in [-0.4, -0.2) is 40.8 Å². The van der Waals surface area contributed by atoms with Gasteiger partial charge in [-0.3, -0.25) is 4.79 Å². The molecular weight excluding hydrogens is 280 g/mol. The summed E-state index contributed by atoms with van der Waals surface area (Å²) < 4.78 is 5.26. The number of urea groups is 1. The summed E-state index contributed by atoms with van der Waals surface area (Å²) in [6.07, 6.45) is -0.707. The van der Waals surface area contributed by atoms with E-state index in [1.54, 1.807) is 24.3 Å². The Labute approximate surface area is 120 Å². The number of nitrogens with one attached hydrogen (secondary N) is 2. The molecule has 0 saturated carbocycles. The topological polar surface area (TPSA) is 125 Å². The van der Waals surface area contributed by atoms with E-state index in [4.69, 9.17) is 14.9 Å². The number of aliphatic carboxylic acids is 2. The monoisotopic (exact) mass is 296 g/mol. The number of ether oxygens (including phenoxy) is 1. The lowest BCUT2D eigenvalue weighted by molar-refractivity contribution is -0.145. The first-order chi connectivity index (χ1) is 9.92. The first-order valence-corrected chi connectivity index (χ1v) is 6.17. The standard InChI is InChI=1S/C13H16N2O6/c1-2-21-9-5-3-4-8(6-9)14-13(20)15-10(12(18)19)7-11(16)17/h3-6,10H,2,7H2,1H3,(H,16,17)(H,18,19)(H2,14,15,20)/t10-/m1/s1. The number of rotatable bonds is 7. The summed E-state index contributed by atoms with van der Waals surface area (Å²) in [6, 6.07) is 4.21. The molecule has 21 heavy (non-hydrogen) atoms. The molecule has 0 aliphatic heterocycles. The highest BCUT2D eigenvalue weighted by atomic mass is 16.5. The van der Waals surface area contributed by atoms with Crippen molar-refractivity contribution >= 4 is 23.7 Å². The first kappa shape index (κ1) is 16.3. The summed E-state index contributed by atoms with van der Waals surface area (Å²) in [5.74, 6) is -2.19. The van der Waals surface area contributed by atoms with Gasteiger partial charge in [-0.25, -0.2) is 9.59 Å². The van der Waals surface area contributed by atoms with Crippen molar-refractivity contribution in [2.45, 2.75) is 19.4 Å². The number of amides is 2. The highest BCUT2D eigenvalue weighted by Gasteiger charge is 2.22. The van der Waals surface area contributed by atoms with Gasteiger partial charge >= 0.3 is 18.0 Å². The normalized spacial score (nSPS) is 11.3. The van der Waals surface area contributed by atoms with Gasteiger partial charge in [-0.2, -0.15) is 0 Å². The van der Waals surface area contributed by atoms with Crippen LogP contribution in [0.1, 0.15) is 13.3 Å². The summed E-state index contributed by atoms with van der Waals surface area (Å²) in [7, 11) is 0. The van der Waals surface area contributed by atoms with E-state index in [1.807, 2.05) is 6.92 Å². The molecule has 1 rings (SSSR count). The quantitative estimate of drug-likeness (QED) is 0.598. The molecule has 114 valence electrons. The second kappa shape index (κ2) is 7.73. The van der Waals surface area contributed by atoms with Gasteiger partial charge in [0.25, 0.3) is 0 Å². The largest absolute Gasteiger partial charge is 0.494 e. The molecule has 0 unspecified atom stereocenters. The minimum Gasteiger partial charge on any atom is -0.494 e. The Balaban J connectivity index is 2.65. The van der Waals surface area contributed by atoms with E-state index in [0.29, 0.717) is 18.0 Å². The SMILES string of the molecule is CCOc1cccc(NC(=O)N[C@H](CC(=O)O)C(=O)O)c1. The molecule has 1 aromatic rings. The van der Waals surface area contributed by atoms with Crippen LogP contribution in [0.3, 0.4) is 0 Å². The van der Waals surface area contributed by atoms with Crippen molar-refractivity contribution in [3.8, 4) is 5.75 Å². The van der Waals surface area contributed by atoms with Gasteiger partial charge in [0.2, 0.25) is 0 Å². The van der Waals surface area contributed by atoms with E-state index in [9.17, 15) is 14.4 Å². The zero-order valence-electron chi connectivity index (χ0n) is 11.3. The number of anilines is 1. The van der Waals surface area contributed by atoms with Crippen LogP contribution >= 0.6 is 0 Å². The Morgan fingerprint density at radius 1 is 1.29 bits per heavy atom. The molecular formula is C13H16N2O6. The first-order valence-electron chi connectivity index (χ1n) is 6.17. The van der Waals surface area contributed by atoms with E-state index in [1.165, 1.54) is 0 Å². The molecule has 0 heterocycles. The number of hydrogen-bond donors (Lipinski definition) is 4. The number of benzene rings is 1. The lowest BCUT2D eigenvalue weighted by Crippen LogP contribution is -2.44. The zero-order chi connectivity index (χ0) is 15.8. The third-order valence-corrected chi connectivity index (χ3v) is 2.39. The molecule has 8 nitrogen and oxygen atoms in total. The predicted octanol–water partition coefficient (Wildman–Crippen LogP) is 1.13. The van der Waals surface area contributed by atoms with Crippen molar-refractivity contribution in [2.75, 3.05) is 11.9 Å². The van der Waals surface area contributed by atoms with Crippen molar-refractivity contribution in [3.05, 3.63) is 24.3 Å². The minimum absolute atomic E-state index is 0.401. The summed E-state index contributed by atoms with van der Waals surface area (Å²) >= 11 is 0. The van der Waals surface area contributed by atoms with Crippen molar-refractivity contribution in [1.29, 1.82) is 0 Å². The van der Waals surface area contributed by atoms with E-state index in [0.717, 1.165) is 0 Å². The summed E-state index contributed by atoms with van der Waals surface area (Å²) in [4.78, 5) is 33.0. The Morgan fingerprint density at radius 2 is 2.00 bits per heavy atom. The maximum atomic E-state index is 11.7. The van der Waals surface area contributed by atoms with Crippen molar-refractivity contribution in [2.24, 2.45) is 0 Å². The van der Waals surface area contributed by atoms with E-state index < -0.39 is 30.4 Å². The number of carboxylic acids is 2. The van der Waals surface area contributed by atoms with Gasteiger partial charge in [-0.15, -0.1) is 0 Å². The Morgan fingerprint density at radius 3 is 2.57 bits per heavy atom. The average Bonchev–Trinajstić information content (AvgIpc) is 2.38. The Hall–Kier alpha value is -2.77. The van der Waals surface area contributed by atoms with Gasteiger partial charge in [-0.1, -0.05) is 6.07 Å². The summed E-state index contributed by atoms with van der Waals surface area (Å²) in [5, 5.41) is 21.9. The van der Waals surface area contributed by atoms with Gasteiger partial charge in [-0.05, 0) is 19.1 Å². The van der Waals surface area contributed by atoms with Gasteiger partial charge in [0.1, 0.15) is 11.8 Å². The molecule has 2 amide bonds. The van der Waals surface area contributed by atoms with Gasteiger partial charge in [0.05, 0.1) is 13.0 Å². The van der Waals surface area contributed by atoms with Crippen molar-refractivity contribution in [3.63, 3.8) is 0 Å². The number of carbonyl (C=O) groups is 3. The summed E-state index contributed by atoms with van der Waals surface area (Å²) in [6.45, 7) is 2.28. The maximum absolute atomic E-state index is 11.7. The van der Waals surface area contributed by atoms with Gasteiger partial charge in [0.15, 0.2) is 0 Å². The van der Waals surface area contributed by atoms with Crippen molar-refractivity contribution < 1.29 is 29.3 Å². The number of hydrogen-bond acceptors (Lipinski definition) is 4. The second-order valence-electron chi connectivity index (χ2n) is 4.05. The Bertz CT molecular complexity index is 531. The maximum Gasteiger partial charge on any atom is 0.326 e. The fourth-order valence-corrected chi connectivity index (χ4v) is 1.53. The molecule has 0 aromatic heterocycles. The van der Waals surface area contributed by atoms with E-state index in [-0.39, 0.29) is 0 Å². The minimum atomic E-state index is -1.50. The van der Waals surface area contributed by atoms with Crippen LogP contribution in [-0.2, 0) is 9.59 Å².